The Bertz CT molecular complexity index is 339. The molecule has 1 rings (SSSR count). The topological polar surface area (TPSA) is 116 Å². The van der Waals surface area contributed by atoms with E-state index in [4.69, 9.17) is 10.2 Å². The number of hydrogen-bond acceptors (Lipinski definition) is 3. The molecule has 19 heavy (non-hydrogen) atoms. The maximum absolute atomic E-state index is 11.4. The lowest BCUT2D eigenvalue weighted by molar-refractivity contribution is -0.145. The van der Waals surface area contributed by atoms with Crippen LogP contribution < -0.4 is 10.6 Å². The normalized spacial score (nSPS) is 16.8. The number of aliphatic carboxylic acids is 2. The molecule has 1 aliphatic carbocycles. The molecule has 0 aromatic heterocycles. The number of carbonyl (C=O) groups is 3. The Labute approximate surface area is 111 Å². The first-order chi connectivity index (χ1) is 8.99. The Morgan fingerprint density at radius 2 is 1.79 bits per heavy atom. The zero-order valence-corrected chi connectivity index (χ0v) is 10.7. The lowest BCUT2D eigenvalue weighted by atomic mass is 10.0. The molecule has 0 bridgehead atoms. The summed E-state index contributed by atoms with van der Waals surface area (Å²) < 4.78 is 0. The molecule has 1 saturated carbocycles. The van der Waals surface area contributed by atoms with Crippen molar-refractivity contribution in [2.75, 3.05) is 6.54 Å². The van der Waals surface area contributed by atoms with Gasteiger partial charge in [0, 0.05) is 6.54 Å². The number of hydrogen-bond donors (Lipinski definition) is 4. The summed E-state index contributed by atoms with van der Waals surface area (Å²) in [4.78, 5) is 32.6. The first-order valence-corrected chi connectivity index (χ1v) is 6.48. The molecule has 0 saturated heterocycles. The Hall–Kier alpha value is -1.79. The van der Waals surface area contributed by atoms with E-state index < -0.39 is 30.4 Å². The number of carboxylic acids is 2. The number of amides is 2. The van der Waals surface area contributed by atoms with Crippen LogP contribution in [0.1, 0.15) is 38.5 Å². The van der Waals surface area contributed by atoms with E-state index >= 15 is 0 Å². The van der Waals surface area contributed by atoms with Gasteiger partial charge in [-0.15, -0.1) is 0 Å². The largest absolute Gasteiger partial charge is 0.481 e. The average molecular weight is 272 g/mol. The van der Waals surface area contributed by atoms with Crippen molar-refractivity contribution in [3.8, 4) is 0 Å². The molecule has 0 spiro atoms. The molecule has 1 atom stereocenters. The zero-order valence-electron chi connectivity index (χ0n) is 10.7. The van der Waals surface area contributed by atoms with Crippen LogP contribution in [0.15, 0.2) is 0 Å². The number of urea groups is 1. The lowest BCUT2D eigenvalue weighted by Gasteiger charge is -2.14. The third-order valence-corrected chi connectivity index (χ3v) is 3.30. The fourth-order valence-electron chi connectivity index (χ4n) is 2.27. The highest BCUT2D eigenvalue weighted by atomic mass is 16.4. The van der Waals surface area contributed by atoms with E-state index in [0.717, 1.165) is 6.42 Å². The third kappa shape index (κ3) is 6.08. The van der Waals surface area contributed by atoms with Crippen molar-refractivity contribution in [3.05, 3.63) is 0 Å². The van der Waals surface area contributed by atoms with Crippen LogP contribution in [0, 0.1) is 5.92 Å². The van der Waals surface area contributed by atoms with E-state index in [1.165, 1.54) is 25.7 Å². The van der Waals surface area contributed by atoms with Gasteiger partial charge >= 0.3 is 18.0 Å². The van der Waals surface area contributed by atoms with Crippen molar-refractivity contribution in [3.63, 3.8) is 0 Å². The van der Waals surface area contributed by atoms with Crippen LogP contribution >= 0.6 is 0 Å². The van der Waals surface area contributed by atoms with Crippen LogP contribution in [0.2, 0.25) is 0 Å². The Morgan fingerprint density at radius 1 is 1.16 bits per heavy atom. The molecule has 7 nitrogen and oxygen atoms in total. The maximum atomic E-state index is 11.4. The first-order valence-electron chi connectivity index (χ1n) is 6.48. The number of nitrogens with one attached hydrogen (secondary N) is 2. The van der Waals surface area contributed by atoms with E-state index in [1.54, 1.807) is 0 Å². The molecule has 1 aliphatic rings. The monoisotopic (exact) mass is 272 g/mol. The smallest absolute Gasteiger partial charge is 0.326 e. The second-order valence-corrected chi connectivity index (χ2v) is 4.83. The minimum Gasteiger partial charge on any atom is -0.481 e. The van der Waals surface area contributed by atoms with Crippen molar-refractivity contribution in [2.45, 2.75) is 44.6 Å². The van der Waals surface area contributed by atoms with Gasteiger partial charge in [0.05, 0.1) is 6.42 Å². The van der Waals surface area contributed by atoms with Crippen LogP contribution in [0.5, 0.6) is 0 Å². The highest BCUT2D eigenvalue weighted by molar-refractivity contribution is 5.86. The van der Waals surface area contributed by atoms with Crippen molar-refractivity contribution >= 4 is 18.0 Å². The van der Waals surface area contributed by atoms with Crippen LogP contribution in [0.3, 0.4) is 0 Å². The summed E-state index contributed by atoms with van der Waals surface area (Å²) >= 11 is 0. The number of carboxylic acid groups (broad SMARTS) is 2. The quantitative estimate of drug-likeness (QED) is 0.547. The molecule has 0 aromatic carbocycles. The molecule has 7 heteroatoms. The highest BCUT2D eigenvalue weighted by Crippen LogP contribution is 2.26. The summed E-state index contributed by atoms with van der Waals surface area (Å²) in [7, 11) is 0. The molecule has 1 unspecified atom stereocenters. The van der Waals surface area contributed by atoms with Crippen LogP contribution in [0.4, 0.5) is 4.79 Å². The van der Waals surface area contributed by atoms with Gasteiger partial charge < -0.3 is 20.8 Å². The zero-order chi connectivity index (χ0) is 14.3. The van der Waals surface area contributed by atoms with Crippen molar-refractivity contribution in [1.29, 1.82) is 0 Å². The van der Waals surface area contributed by atoms with Gasteiger partial charge in [-0.25, -0.2) is 9.59 Å². The summed E-state index contributed by atoms with van der Waals surface area (Å²) in [6, 6.07) is -2.03. The third-order valence-electron chi connectivity index (χ3n) is 3.30. The Kier molecular flexibility index (Phi) is 6.11. The predicted molar refractivity (Wildman–Crippen MR) is 66.8 cm³/mol. The van der Waals surface area contributed by atoms with Crippen LogP contribution in [-0.2, 0) is 9.59 Å². The SMILES string of the molecule is O=C(O)CC(NC(=O)NCCC1CCCC1)C(=O)O. The highest BCUT2D eigenvalue weighted by Gasteiger charge is 2.23. The van der Waals surface area contributed by atoms with Crippen molar-refractivity contribution in [2.24, 2.45) is 5.92 Å². The second kappa shape index (κ2) is 7.60. The molecule has 0 heterocycles. The molecule has 0 radical (unpaired) electrons. The fourth-order valence-corrected chi connectivity index (χ4v) is 2.27. The maximum Gasteiger partial charge on any atom is 0.326 e. The molecule has 0 aromatic rings. The minimum atomic E-state index is -1.40. The summed E-state index contributed by atoms with van der Waals surface area (Å²) in [5.74, 6) is -1.98. The summed E-state index contributed by atoms with van der Waals surface area (Å²) in [6.45, 7) is 0.482. The summed E-state index contributed by atoms with van der Waals surface area (Å²) in [5.41, 5.74) is 0. The number of carbonyl (C=O) groups excluding carboxylic acids is 1. The number of rotatable bonds is 7. The molecule has 0 aliphatic heterocycles. The molecular weight excluding hydrogens is 252 g/mol. The molecule has 1 fully saturated rings. The molecular formula is C12H20N2O5. The van der Waals surface area contributed by atoms with Gasteiger partial charge in [-0.3, -0.25) is 4.79 Å². The first kappa shape index (κ1) is 15.3. The van der Waals surface area contributed by atoms with Gasteiger partial charge in [-0.05, 0) is 12.3 Å². The summed E-state index contributed by atoms with van der Waals surface area (Å²) in [6.07, 6.45) is 5.07. The van der Waals surface area contributed by atoms with E-state index in [1.807, 2.05) is 0 Å². The van der Waals surface area contributed by atoms with Gasteiger partial charge in [0.15, 0.2) is 0 Å². The van der Waals surface area contributed by atoms with Gasteiger partial charge in [-0.1, -0.05) is 25.7 Å². The fraction of sp³-hybridized carbons (Fsp3) is 0.750. The summed E-state index contributed by atoms with van der Waals surface area (Å²) in [5, 5.41) is 22.0. The van der Waals surface area contributed by atoms with Crippen molar-refractivity contribution < 1.29 is 24.6 Å². The van der Waals surface area contributed by atoms with Gasteiger partial charge in [0.25, 0.3) is 0 Å². The van der Waals surface area contributed by atoms with E-state index in [2.05, 4.69) is 10.6 Å². The molecule has 2 amide bonds. The van der Waals surface area contributed by atoms with Crippen molar-refractivity contribution in [1.82, 2.24) is 10.6 Å². The molecule has 108 valence electrons. The second-order valence-electron chi connectivity index (χ2n) is 4.83. The Balaban J connectivity index is 2.23. The van der Waals surface area contributed by atoms with Gasteiger partial charge in [0.1, 0.15) is 6.04 Å². The van der Waals surface area contributed by atoms with Crippen LogP contribution in [-0.4, -0.2) is 40.8 Å². The van der Waals surface area contributed by atoms with E-state index in [9.17, 15) is 14.4 Å². The molecule has 4 N–H and O–H groups in total. The average Bonchev–Trinajstić information content (AvgIpc) is 2.80. The predicted octanol–water partition coefficient (Wildman–Crippen LogP) is 0.794. The Morgan fingerprint density at radius 3 is 2.32 bits per heavy atom. The van der Waals surface area contributed by atoms with E-state index in [-0.39, 0.29) is 0 Å². The van der Waals surface area contributed by atoms with E-state index in [0.29, 0.717) is 12.5 Å². The van der Waals surface area contributed by atoms with Gasteiger partial charge in [0.2, 0.25) is 0 Å². The van der Waals surface area contributed by atoms with Gasteiger partial charge in [-0.2, -0.15) is 0 Å². The lowest BCUT2D eigenvalue weighted by Crippen LogP contribution is -2.47. The van der Waals surface area contributed by atoms with Crippen LogP contribution in [0.25, 0.3) is 0 Å². The standard InChI is InChI=1S/C12H20N2O5/c15-10(16)7-9(11(17)18)14-12(19)13-6-5-8-3-1-2-4-8/h8-9H,1-7H2,(H,15,16)(H,17,18)(H2,13,14,19). The minimum absolute atomic E-state index is 0.482.